The number of nitrogens with zero attached hydrogens (tertiary/aromatic N) is 2. The monoisotopic (exact) mass is 300 g/mol. The Hall–Kier alpha value is -1.86. The zero-order valence-electron chi connectivity index (χ0n) is 11.4. The summed E-state index contributed by atoms with van der Waals surface area (Å²) in [6, 6.07) is 4.20. The number of carbonyl (C=O) groups is 1. The number of carbonyl (C=O) groups excluding carboxylic acids is 1. The fraction of sp³-hybridized carbons (Fsp3) is 0.417. The minimum atomic E-state index is -0.486. The summed E-state index contributed by atoms with van der Waals surface area (Å²) in [5.74, 6) is 0. The molecule has 0 aliphatic carbocycles. The molecule has 0 saturated heterocycles. The van der Waals surface area contributed by atoms with Gasteiger partial charge in [0.25, 0.3) is 5.69 Å². The van der Waals surface area contributed by atoms with Crippen molar-refractivity contribution in [3.8, 4) is 0 Å². The van der Waals surface area contributed by atoms with Crippen LogP contribution in [0.15, 0.2) is 18.2 Å². The van der Waals surface area contributed by atoms with E-state index in [9.17, 15) is 14.9 Å². The number of non-ortho nitro benzene ring substituents is 1. The van der Waals surface area contributed by atoms with Gasteiger partial charge in [-0.2, -0.15) is 0 Å². The first-order valence-electron chi connectivity index (χ1n) is 6.00. The van der Waals surface area contributed by atoms with Crippen molar-refractivity contribution in [3.63, 3.8) is 0 Å². The van der Waals surface area contributed by atoms with Crippen molar-refractivity contribution < 1.29 is 9.72 Å². The maximum atomic E-state index is 11.2. The molecule has 1 aromatic carbocycles. The molecule has 0 atom stereocenters. The SMILES string of the molecule is CN(C)C(=O)NCCNCc1ccc([N+](=O)[O-])cc1Cl. The molecule has 110 valence electrons. The molecule has 0 heterocycles. The highest BCUT2D eigenvalue weighted by atomic mass is 35.5. The van der Waals surface area contributed by atoms with Crippen LogP contribution >= 0.6 is 11.6 Å². The highest BCUT2D eigenvalue weighted by molar-refractivity contribution is 6.31. The molecule has 1 rings (SSSR count). The van der Waals surface area contributed by atoms with Gasteiger partial charge in [-0.3, -0.25) is 10.1 Å². The predicted molar refractivity (Wildman–Crippen MR) is 76.9 cm³/mol. The lowest BCUT2D eigenvalue weighted by atomic mass is 10.2. The third-order valence-electron chi connectivity index (χ3n) is 2.55. The number of hydrogen-bond donors (Lipinski definition) is 2. The molecular weight excluding hydrogens is 284 g/mol. The summed E-state index contributed by atoms with van der Waals surface area (Å²) in [7, 11) is 3.33. The summed E-state index contributed by atoms with van der Waals surface area (Å²) in [5.41, 5.74) is 0.744. The van der Waals surface area contributed by atoms with Crippen molar-refractivity contribution in [2.75, 3.05) is 27.2 Å². The van der Waals surface area contributed by atoms with Gasteiger partial charge in [0, 0.05) is 45.9 Å². The summed E-state index contributed by atoms with van der Waals surface area (Å²) in [6.07, 6.45) is 0. The van der Waals surface area contributed by atoms with Crippen molar-refractivity contribution in [1.82, 2.24) is 15.5 Å². The van der Waals surface area contributed by atoms with Gasteiger partial charge >= 0.3 is 6.03 Å². The van der Waals surface area contributed by atoms with E-state index in [0.717, 1.165) is 5.56 Å². The van der Waals surface area contributed by atoms with E-state index < -0.39 is 4.92 Å². The molecule has 0 spiro atoms. The number of urea groups is 1. The van der Waals surface area contributed by atoms with E-state index in [-0.39, 0.29) is 11.7 Å². The van der Waals surface area contributed by atoms with Gasteiger partial charge < -0.3 is 15.5 Å². The maximum absolute atomic E-state index is 11.2. The molecule has 20 heavy (non-hydrogen) atoms. The van der Waals surface area contributed by atoms with Crippen LogP contribution in [0.2, 0.25) is 5.02 Å². The van der Waals surface area contributed by atoms with Crippen LogP contribution in [0.25, 0.3) is 0 Å². The van der Waals surface area contributed by atoms with E-state index in [0.29, 0.717) is 24.7 Å². The van der Waals surface area contributed by atoms with Crippen LogP contribution in [0.5, 0.6) is 0 Å². The maximum Gasteiger partial charge on any atom is 0.316 e. The third-order valence-corrected chi connectivity index (χ3v) is 2.90. The lowest BCUT2D eigenvalue weighted by Crippen LogP contribution is -2.38. The lowest BCUT2D eigenvalue weighted by molar-refractivity contribution is -0.384. The van der Waals surface area contributed by atoms with Gasteiger partial charge in [0.15, 0.2) is 0 Å². The van der Waals surface area contributed by atoms with Gasteiger partial charge in [0.2, 0.25) is 0 Å². The molecule has 0 bridgehead atoms. The molecule has 0 radical (unpaired) electrons. The van der Waals surface area contributed by atoms with Crippen LogP contribution in [0.1, 0.15) is 5.56 Å². The lowest BCUT2D eigenvalue weighted by Gasteiger charge is -2.12. The van der Waals surface area contributed by atoms with Crippen molar-refractivity contribution in [3.05, 3.63) is 38.9 Å². The van der Waals surface area contributed by atoms with E-state index in [2.05, 4.69) is 10.6 Å². The topological polar surface area (TPSA) is 87.5 Å². The second-order valence-corrected chi connectivity index (χ2v) is 4.74. The molecule has 1 aromatic rings. The van der Waals surface area contributed by atoms with Crippen LogP contribution in [-0.2, 0) is 6.54 Å². The van der Waals surface area contributed by atoms with Gasteiger partial charge in [0.1, 0.15) is 0 Å². The van der Waals surface area contributed by atoms with Crippen LogP contribution in [0.4, 0.5) is 10.5 Å². The number of nitro groups is 1. The molecule has 7 nitrogen and oxygen atoms in total. The van der Waals surface area contributed by atoms with E-state index in [1.165, 1.54) is 17.0 Å². The second-order valence-electron chi connectivity index (χ2n) is 4.34. The number of rotatable bonds is 6. The number of halogens is 1. The predicted octanol–water partition coefficient (Wildman–Crippen LogP) is 1.61. The fourth-order valence-electron chi connectivity index (χ4n) is 1.43. The van der Waals surface area contributed by atoms with Gasteiger partial charge in [-0.1, -0.05) is 11.6 Å². The Labute approximate surface area is 122 Å². The Morgan fingerprint density at radius 3 is 2.65 bits per heavy atom. The summed E-state index contributed by atoms with van der Waals surface area (Å²) >= 11 is 5.96. The van der Waals surface area contributed by atoms with Crippen molar-refractivity contribution in [1.29, 1.82) is 0 Å². The summed E-state index contributed by atoms with van der Waals surface area (Å²) in [4.78, 5) is 22.8. The molecule has 0 unspecified atom stereocenters. The standard InChI is InChI=1S/C12H17ClN4O3/c1-16(2)12(18)15-6-5-14-8-9-3-4-10(17(19)20)7-11(9)13/h3-4,7,14H,5-6,8H2,1-2H3,(H,15,18). The minimum absolute atomic E-state index is 0.0306. The molecule has 8 heteroatoms. The molecule has 0 fully saturated rings. The number of benzene rings is 1. The Balaban J connectivity index is 2.36. The van der Waals surface area contributed by atoms with Gasteiger partial charge in [0.05, 0.1) is 9.95 Å². The van der Waals surface area contributed by atoms with Gasteiger partial charge in [-0.25, -0.2) is 4.79 Å². The van der Waals surface area contributed by atoms with E-state index in [1.54, 1.807) is 20.2 Å². The number of nitro benzene ring substituents is 1. The Bertz CT molecular complexity index is 494. The molecular formula is C12H17ClN4O3. The van der Waals surface area contributed by atoms with E-state index >= 15 is 0 Å². The van der Waals surface area contributed by atoms with Gasteiger partial charge in [-0.05, 0) is 11.6 Å². The largest absolute Gasteiger partial charge is 0.337 e. The highest BCUT2D eigenvalue weighted by Gasteiger charge is 2.09. The summed E-state index contributed by atoms with van der Waals surface area (Å²) in [5, 5.41) is 16.7. The first-order valence-corrected chi connectivity index (χ1v) is 6.38. The molecule has 2 amide bonds. The van der Waals surface area contributed by atoms with Crippen LogP contribution < -0.4 is 10.6 Å². The number of amides is 2. The molecule has 0 saturated carbocycles. The van der Waals surface area contributed by atoms with Crippen LogP contribution in [0, 0.1) is 10.1 Å². The Morgan fingerprint density at radius 2 is 2.10 bits per heavy atom. The zero-order valence-corrected chi connectivity index (χ0v) is 12.1. The number of nitrogens with one attached hydrogen (secondary N) is 2. The smallest absolute Gasteiger partial charge is 0.316 e. The van der Waals surface area contributed by atoms with Crippen LogP contribution in [0.3, 0.4) is 0 Å². The second kappa shape index (κ2) is 7.66. The van der Waals surface area contributed by atoms with Crippen molar-refractivity contribution >= 4 is 23.3 Å². The summed E-state index contributed by atoms with van der Waals surface area (Å²) in [6.45, 7) is 1.54. The van der Waals surface area contributed by atoms with Crippen LogP contribution in [-0.4, -0.2) is 43.0 Å². The quantitative estimate of drug-likeness (QED) is 0.474. The minimum Gasteiger partial charge on any atom is -0.337 e. The highest BCUT2D eigenvalue weighted by Crippen LogP contribution is 2.22. The van der Waals surface area contributed by atoms with Gasteiger partial charge in [-0.15, -0.1) is 0 Å². The molecule has 0 aliphatic rings. The van der Waals surface area contributed by atoms with Crippen molar-refractivity contribution in [2.45, 2.75) is 6.54 Å². The van der Waals surface area contributed by atoms with E-state index in [4.69, 9.17) is 11.6 Å². The Kier molecular flexibility index (Phi) is 6.20. The first-order chi connectivity index (χ1) is 9.41. The third kappa shape index (κ3) is 5.02. The Morgan fingerprint density at radius 1 is 1.40 bits per heavy atom. The normalized spacial score (nSPS) is 10.2. The first kappa shape index (κ1) is 16.2. The average molecular weight is 301 g/mol. The zero-order chi connectivity index (χ0) is 15.1. The average Bonchev–Trinajstić information content (AvgIpc) is 2.39. The van der Waals surface area contributed by atoms with Crippen molar-refractivity contribution in [2.24, 2.45) is 0 Å². The molecule has 0 aromatic heterocycles. The number of hydrogen-bond acceptors (Lipinski definition) is 4. The molecule has 2 N–H and O–H groups in total. The molecule has 0 aliphatic heterocycles. The fourth-order valence-corrected chi connectivity index (χ4v) is 1.67. The summed E-state index contributed by atoms with van der Waals surface area (Å²) < 4.78 is 0. The van der Waals surface area contributed by atoms with E-state index in [1.807, 2.05) is 0 Å².